The lowest BCUT2D eigenvalue weighted by Gasteiger charge is -2.27. The summed E-state index contributed by atoms with van der Waals surface area (Å²) >= 11 is 1.99. The van der Waals surface area contributed by atoms with E-state index in [1.54, 1.807) is 6.07 Å². The molecule has 3 rings (SSSR count). The van der Waals surface area contributed by atoms with Crippen LogP contribution in [0.4, 0.5) is 0 Å². The summed E-state index contributed by atoms with van der Waals surface area (Å²) in [5, 5.41) is 2.16. The van der Waals surface area contributed by atoms with E-state index < -0.39 is 29.7 Å². The van der Waals surface area contributed by atoms with Crippen molar-refractivity contribution in [2.75, 3.05) is 13.2 Å². The third-order valence-electron chi connectivity index (χ3n) is 3.89. The molecule has 1 saturated heterocycles. The molecule has 1 aromatic carbocycles. The van der Waals surface area contributed by atoms with E-state index in [1.807, 2.05) is 21.2 Å². The minimum Gasteiger partial charge on any atom is -0.491 e. The molecule has 0 radical (unpaired) electrons. The lowest BCUT2D eigenvalue weighted by molar-refractivity contribution is -0.136. The zero-order valence-corrected chi connectivity index (χ0v) is 15.8. The number of benzene rings is 1. The fraction of sp³-hybridized carbons (Fsp3) is 0.333. The van der Waals surface area contributed by atoms with Crippen LogP contribution in [0, 0.1) is 0 Å². The average Bonchev–Trinajstić information content (AvgIpc) is 2.83. The van der Waals surface area contributed by atoms with Gasteiger partial charge in [0, 0.05) is 27.6 Å². The summed E-state index contributed by atoms with van der Waals surface area (Å²) < 4.78 is 10.6. The summed E-state index contributed by atoms with van der Waals surface area (Å²) in [6, 6.07) is 3.61. The molecule has 0 bridgehead atoms. The lowest BCUT2D eigenvalue weighted by Crippen LogP contribution is -2.54. The van der Waals surface area contributed by atoms with Crippen LogP contribution >= 0.6 is 30.4 Å². The Kier molecular flexibility index (Phi) is 5.59. The molecule has 2 aliphatic rings. The molecule has 4 amide bonds. The summed E-state index contributed by atoms with van der Waals surface area (Å²) in [6.45, 7) is 0.674. The highest BCUT2D eigenvalue weighted by atomic mass is 127. The van der Waals surface area contributed by atoms with Gasteiger partial charge in [-0.05, 0) is 24.6 Å². The maximum Gasteiger partial charge on any atom is 0.262 e. The van der Waals surface area contributed by atoms with Crippen LogP contribution in [0.1, 0.15) is 33.6 Å². The quantitative estimate of drug-likeness (QED) is 0.287. The van der Waals surface area contributed by atoms with Gasteiger partial charge >= 0.3 is 0 Å². The Morgan fingerprint density at radius 1 is 1.16 bits per heavy atom. The van der Waals surface area contributed by atoms with Crippen molar-refractivity contribution < 1.29 is 28.1 Å². The summed E-state index contributed by atoms with van der Waals surface area (Å²) in [7, 11) is 1.20. The van der Waals surface area contributed by atoms with Gasteiger partial charge in [0.05, 0.1) is 26.9 Å². The van der Waals surface area contributed by atoms with E-state index in [0.717, 1.165) is 4.90 Å². The summed E-state index contributed by atoms with van der Waals surface area (Å²) in [4.78, 5) is 49.3. The van der Waals surface area contributed by atoms with E-state index in [4.69, 9.17) is 8.92 Å². The number of carbonyl (C=O) groups excluding carboxylic acids is 4. The second-order valence-corrected chi connectivity index (χ2v) is 6.83. The number of ether oxygens (including phenoxy) is 1. The molecule has 132 valence electrons. The molecule has 1 aromatic rings. The molecule has 1 fully saturated rings. The van der Waals surface area contributed by atoms with Gasteiger partial charge in [-0.2, -0.15) is 0 Å². The van der Waals surface area contributed by atoms with E-state index >= 15 is 0 Å². The molecule has 1 N–H and O–H groups in total. The van der Waals surface area contributed by atoms with Gasteiger partial charge in [0.2, 0.25) is 11.8 Å². The van der Waals surface area contributed by atoms with Gasteiger partial charge in [-0.25, -0.2) is 0 Å². The molecule has 1 unspecified atom stereocenters. The minimum absolute atomic E-state index is 0.0903. The number of halogens is 1. The summed E-state index contributed by atoms with van der Waals surface area (Å²) in [5.41, 5.74) is 0.414. The Morgan fingerprint density at radius 3 is 2.64 bits per heavy atom. The second-order valence-electron chi connectivity index (χ2n) is 5.39. The molecule has 0 aromatic heterocycles. The number of rotatable bonds is 6. The first kappa shape index (κ1) is 18.1. The topological polar surface area (TPSA) is 102 Å². The molecule has 10 heteroatoms. The predicted molar refractivity (Wildman–Crippen MR) is 96.2 cm³/mol. The number of nitrogens with zero attached hydrogens (tertiary/aromatic N) is 1. The number of hydrogen-bond acceptors (Lipinski definition) is 7. The van der Waals surface area contributed by atoms with Crippen molar-refractivity contribution in [1.82, 2.24) is 10.2 Å². The predicted octanol–water partition coefficient (Wildman–Crippen LogP) is 1.48. The van der Waals surface area contributed by atoms with Crippen molar-refractivity contribution in [3.63, 3.8) is 0 Å². The third-order valence-corrected chi connectivity index (χ3v) is 4.91. The molecule has 1 atom stereocenters. The van der Waals surface area contributed by atoms with Crippen LogP contribution in [0.25, 0.3) is 0 Å². The van der Waals surface area contributed by atoms with Crippen molar-refractivity contribution in [2.24, 2.45) is 0 Å². The fourth-order valence-electron chi connectivity index (χ4n) is 2.76. The van der Waals surface area contributed by atoms with Gasteiger partial charge in [0.15, 0.2) is 0 Å². The fourth-order valence-corrected chi connectivity index (χ4v) is 3.44. The van der Waals surface area contributed by atoms with Crippen molar-refractivity contribution in [2.45, 2.75) is 18.9 Å². The smallest absolute Gasteiger partial charge is 0.262 e. The van der Waals surface area contributed by atoms with Crippen molar-refractivity contribution >= 4 is 54.0 Å². The molecular weight excluding hydrogens is 463 g/mol. The molecular formula is C15H13IN2O6S. The Labute approximate surface area is 159 Å². The first-order valence-corrected chi connectivity index (χ1v) is 10.7. The first-order valence-electron chi connectivity index (χ1n) is 7.41. The molecule has 0 saturated carbocycles. The number of fused-ring (bicyclic) bond motifs is 1. The second kappa shape index (κ2) is 7.70. The van der Waals surface area contributed by atoms with Crippen LogP contribution in [-0.2, 0) is 13.8 Å². The zero-order valence-electron chi connectivity index (χ0n) is 12.8. The van der Waals surface area contributed by atoms with Crippen molar-refractivity contribution in [3.8, 4) is 5.75 Å². The number of piperidine rings is 1. The van der Waals surface area contributed by atoms with E-state index in [0.29, 0.717) is 19.0 Å². The normalized spacial score (nSPS) is 19.9. The monoisotopic (exact) mass is 476 g/mol. The highest BCUT2D eigenvalue weighted by molar-refractivity contribution is 14.2. The van der Waals surface area contributed by atoms with Crippen LogP contribution < -0.4 is 10.1 Å². The SMILES string of the molecule is O=C1CCC(N2C(=O)c3ccc(OCCOSI)cc3C2=O)C(=O)N1. The minimum atomic E-state index is -0.969. The number of nitrogens with one attached hydrogen (secondary N) is 1. The number of imide groups is 2. The van der Waals surface area contributed by atoms with E-state index in [2.05, 4.69) is 5.32 Å². The van der Waals surface area contributed by atoms with Gasteiger partial charge in [-0.3, -0.25) is 29.4 Å². The Hall–Kier alpha value is -1.66. The maximum absolute atomic E-state index is 12.6. The highest BCUT2D eigenvalue weighted by Crippen LogP contribution is 2.30. The van der Waals surface area contributed by atoms with Crippen LogP contribution in [0.15, 0.2) is 18.2 Å². The molecule has 8 nitrogen and oxygen atoms in total. The van der Waals surface area contributed by atoms with Gasteiger partial charge in [-0.1, -0.05) is 0 Å². The molecule has 2 heterocycles. The van der Waals surface area contributed by atoms with Crippen LogP contribution in [-0.4, -0.2) is 47.8 Å². The van der Waals surface area contributed by atoms with Crippen LogP contribution in [0.3, 0.4) is 0 Å². The third kappa shape index (κ3) is 3.65. The number of carbonyl (C=O) groups is 4. The molecule has 0 spiro atoms. The molecule has 25 heavy (non-hydrogen) atoms. The van der Waals surface area contributed by atoms with E-state index in [9.17, 15) is 19.2 Å². The van der Waals surface area contributed by atoms with Crippen LogP contribution in [0.5, 0.6) is 5.75 Å². The van der Waals surface area contributed by atoms with Crippen molar-refractivity contribution in [1.29, 1.82) is 0 Å². The summed E-state index contributed by atoms with van der Waals surface area (Å²) in [5.74, 6) is -1.69. The first-order chi connectivity index (χ1) is 12.0. The van der Waals surface area contributed by atoms with Crippen LogP contribution in [0.2, 0.25) is 0 Å². The van der Waals surface area contributed by atoms with E-state index in [-0.39, 0.29) is 24.0 Å². The Balaban J connectivity index is 1.77. The summed E-state index contributed by atoms with van der Waals surface area (Å²) in [6.07, 6.45) is 0.220. The maximum atomic E-state index is 12.6. The molecule has 0 aliphatic carbocycles. The zero-order chi connectivity index (χ0) is 18.0. The van der Waals surface area contributed by atoms with Gasteiger partial charge in [0.25, 0.3) is 11.8 Å². The lowest BCUT2D eigenvalue weighted by atomic mass is 10.0. The Bertz CT molecular complexity index is 756. The van der Waals surface area contributed by atoms with E-state index in [1.165, 1.54) is 21.3 Å². The average molecular weight is 476 g/mol. The number of amides is 4. The molecule has 2 aliphatic heterocycles. The number of hydrogen-bond donors (Lipinski definition) is 1. The highest BCUT2D eigenvalue weighted by Gasteiger charge is 2.44. The van der Waals surface area contributed by atoms with Gasteiger partial charge < -0.3 is 8.92 Å². The van der Waals surface area contributed by atoms with Gasteiger partial charge in [0.1, 0.15) is 18.4 Å². The standard InChI is InChI=1S/C15H13IN2O6S/c16-25-24-6-5-23-8-1-2-9-10(7-8)15(22)18(14(9)21)11-3-4-12(19)17-13(11)20/h1-2,7,11H,3-6H2,(H,17,19,20). The Morgan fingerprint density at radius 2 is 1.92 bits per heavy atom. The van der Waals surface area contributed by atoms with Gasteiger partial charge in [-0.15, -0.1) is 0 Å². The largest absolute Gasteiger partial charge is 0.491 e. The van der Waals surface area contributed by atoms with Crippen molar-refractivity contribution in [3.05, 3.63) is 29.3 Å².